The van der Waals surface area contributed by atoms with Crippen LogP contribution in [0.1, 0.15) is 5.56 Å². The van der Waals surface area contributed by atoms with Crippen LogP contribution in [0.25, 0.3) is 11.0 Å². The maximum Gasteiger partial charge on any atom is 0.237 e. The highest BCUT2D eigenvalue weighted by Gasteiger charge is 2.07. The Balaban J connectivity index is 2.17. The van der Waals surface area contributed by atoms with E-state index in [0.29, 0.717) is 6.54 Å². The fraction of sp³-hybridized carbons (Fsp3) is 0.273. The zero-order chi connectivity index (χ0) is 11.5. The van der Waals surface area contributed by atoms with E-state index in [1.54, 1.807) is 18.3 Å². The molecule has 0 aliphatic carbocycles. The van der Waals surface area contributed by atoms with Gasteiger partial charge in [-0.25, -0.2) is 4.98 Å². The molecule has 0 aliphatic heterocycles. The molecule has 0 saturated heterocycles. The number of halogens is 1. The molecular weight excluding hydrogens is 226 g/mol. The third kappa shape index (κ3) is 2.17. The normalized spacial score (nSPS) is 10.6. The van der Waals surface area contributed by atoms with Gasteiger partial charge in [0.05, 0.1) is 17.4 Å². The molecular formula is C11H12ClN3O. The van der Waals surface area contributed by atoms with Crippen LogP contribution in [0.5, 0.6) is 0 Å². The Labute approximate surface area is 98.2 Å². The van der Waals surface area contributed by atoms with Crippen LogP contribution in [0.3, 0.4) is 0 Å². The first-order chi connectivity index (χ1) is 7.70. The second kappa shape index (κ2) is 4.53. The van der Waals surface area contributed by atoms with Crippen molar-refractivity contribution < 1.29 is 4.79 Å². The zero-order valence-corrected chi connectivity index (χ0v) is 9.66. The van der Waals surface area contributed by atoms with Gasteiger partial charge in [-0.2, -0.15) is 0 Å². The van der Waals surface area contributed by atoms with Crippen LogP contribution < -0.4 is 0 Å². The fourth-order valence-corrected chi connectivity index (χ4v) is 1.75. The largest absolute Gasteiger partial charge is 0.345 e. The molecule has 1 amide bonds. The number of carbonyl (C=O) groups is 1. The summed E-state index contributed by atoms with van der Waals surface area (Å²) in [6.45, 7) is 0.556. The molecule has 0 aliphatic rings. The molecule has 0 unspecified atom stereocenters. The second-order valence-corrected chi connectivity index (χ2v) is 3.90. The molecule has 2 rings (SSSR count). The quantitative estimate of drug-likeness (QED) is 0.827. The van der Waals surface area contributed by atoms with Crippen molar-refractivity contribution in [3.05, 3.63) is 30.1 Å². The average Bonchev–Trinajstić information content (AvgIpc) is 2.75. The number of aromatic amines is 1. The maximum atomic E-state index is 11.3. The Morgan fingerprint density at radius 1 is 1.56 bits per heavy atom. The standard InChI is InChI=1S/C11H12ClN3O/c1-15(11(16)5-12)6-8-2-3-9-10(4-8)14-7-13-9/h2-4,7H,5-6H2,1H3,(H,13,14). The molecule has 0 atom stereocenters. The summed E-state index contributed by atoms with van der Waals surface area (Å²) < 4.78 is 0. The van der Waals surface area contributed by atoms with Gasteiger partial charge in [-0.15, -0.1) is 11.6 Å². The van der Waals surface area contributed by atoms with Crippen molar-refractivity contribution in [2.24, 2.45) is 0 Å². The molecule has 16 heavy (non-hydrogen) atoms. The van der Waals surface area contributed by atoms with Gasteiger partial charge in [0.1, 0.15) is 5.88 Å². The molecule has 1 aromatic heterocycles. The Kier molecular flexibility index (Phi) is 3.10. The summed E-state index contributed by atoms with van der Waals surface area (Å²) in [4.78, 5) is 20.1. The van der Waals surface area contributed by atoms with Gasteiger partial charge in [-0.3, -0.25) is 4.79 Å². The molecule has 1 N–H and O–H groups in total. The third-order valence-electron chi connectivity index (χ3n) is 2.44. The number of amides is 1. The predicted octanol–water partition coefficient (Wildman–Crippen LogP) is 1.76. The summed E-state index contributed by atoms with van der Waals surface area (Å²) in [5, 5.41) is 0. The molecule has 1 aromatic carbocycles. The first-order valence-corrected chi connectivity index (χ1v) is 5.46. The van der Waals surface area contributed by atoms with Crippen LogP contribution in [0, 0.1) is 0 Å². The molecule has 0 spiro atoms. The second-order valence-electron chi connectivity index (χ2n) is 3.64. The van der Waals surface area contributed by atoms with E-state index in [9.17, 15) is 4.79 Å². The van der Waals surface area contributed by atoms with Crippen molar-refractivity contribution in [3.8, 4) is 0 Å². The van der Waals surface area contributed by atoms with E-state index in [1.807, 2.05) is 18.2 Å². The van der Waals surface area contributed by atoms with Gasteiger partial charge in [-0.05, 0) is 17.7 Å². The molecule has 0 saturated carbocycles. The monoisotopic (exact) mass is 237 g/mol. The van der Waals surface area contributed by atoms with E-state index >= 15 is 0 Å². The molecule has 5 heteroatoms. The van der Waals surface area contributed by atoms with Crippen molar-refractivity contribution >= 4 is 28.5 Å². The highest BCUT2D eigenvalue weighted by Crippen LogP contribution is 2.13. The minimum absolute atomic E-state index is 0.0167. The number of alkyl halides is 1. The van der Waals surface area contributed by atoms with Gasteiger partial charge in [0.15, 0.2) is 0 Å². The van der Waals surface area contributed by atoms with Gasteiger partial charge >= 0.3 is 0 Å². The summed E-state index contributed by atoms with van der Waals surface area (Å²) in [6, 6.07) is 5.88. The van der Waals surface area contributed by atoms with Crippen LogP contribution in [-0.2, 0) is 11.3 Å². The minimum Gasteiger partial charge on any atom is -0.345 e. The van der Waals surface area contributed by atoms with E-state index in [4.69, 9.17) is 11.6 Å². The summed E-state index contributed by atoms with van der Waals surface area (Å²) in [5.41, 5.74) is 2.96. The van der Waals surface area contributed by atoms with Crippen LogP contribution in [0.2, 0.25) is 0 Å². The third-order valence-corrected chi connectivity index (χ3v) is 2.67. The maximum absolute atomic E-state index is 11.3. The number of benzene rings is 1. The first-order valence-electron chi connectivity index (χ1n) is 4.92. The number of rotatable bonds is 3. The summed E-state index contributed by atoms with van der Waals surface area (Å²) in [7, 11) is 1.74. The van der Waals surface area contributed by atoms with E-state index < -0.39 is 0 Å². The van der Waals surface area contributed by atoms with Crippen molar-refractivity contribution in [3.63, 3.8) is 0 Å². The lowest BCUT2D eigenvalue weighted by Crippen LogP contribution is -2.27. The molecule has 4 nitrogen and oxygen atoms in total. The average molecular weight is 238 g/mol. The predicted molar refractivity (Wildman–Crippen MR) is 63.3 cm³/mol. The fourth-order valence-electron chi connectivity index (χ4n) is 1.55. The van der Waals surface area contributed by atoms with Crippen LogP contribution in [0.4, 0.5) is 0 Å². The lowest BCUT2D eigenvalue weighted by atomic mass is 10.2. The number of nitrogens with one attached hydrogen (secondary N) is 1. The van der Waals surface area contributed by atoms with Gasteiger partial charge in [0.25, 0.3) is 0 Å². The highest BCUT2D eigenvalue weighted by molar-refractivity contribution is 6.27. The molecule has 84 valence electrons. The lowest BCUT2D eigenvalue weighted by molar-refractivity contribution is -0.127. The van der Waals surface area contributed by atoms with E-state index in [-0.39, 0.29) is 11.8 Å². The summed E-state index contributed by atoms with van der Waals surface area (Å²) in [5.74, 6) is -0.0608. The number of hydrogen-bond donors (Lipinski definition) is 1. The van der Waals surface area contributed by atoms with Crippen molar-refractivity contribution in [1.29, 1.82) is 0 Å². The smallest absolute Gasteiger partial charge is 0.237 e. The van der Waals surface area contributed by atoms with Gasteiger partial charge in [-0.1, -0.05) is 6.07 Å². The number of imidazole rings is 1. The number of fused-ring (bicyclic) bond motifs is 1. The van der Waals surface area contributed by atoms with E-state index in [0.717, 1.165) is 16.6 Å². The number of nitrogens with zero attached hydrogens (tertiary/aromatic N) is 2. The van der Waals surface area contributed by atoms with Crippen LogP contribution in [0.15, 0.2) is 24.5 Å². The van der Waals surface area contributed by atoms with Crippen molar-refractivity contribution in [1.82, 2.24) is 14.9 Å². The number of aromatic nitrogens is 2. The summed E-state index contributed by atoms with van der Waals surface area (Å²) >= 11 is 5.48. The Bertz CT molecular complexity index is 509. The van der Waals surface area contributed by atoms with Crippen molar-refractivity contribution in [2.75, 3.05) is 12.9 Å². The molecule has 2 aromatic rings. The first kappa shape index (κ1) is 11.0. The topological polar surface area (TPSA) is 49.0 Å². The molecule has 1 heterocycles. The van der Waals surface area contributed by atoms with E-state index in [2.05, 4.69) is 9.97 Å². The Morgan fingerprint density at radius 2 is 2.38 bits per heavy atom. The summed E-state index contributed by atoms with van der Waals surface area (Å²) in [6.07, 6.45) is 1.65. The van der Waals surface area contributed by atoms with Gasteiger partial charge in [0, 0.05) is 13.6 Å². The molecule has 0 bridgehead atoms. The Morgan fingerprint density at radius 3 is 3.12 bits per heavy atom. The Hall–Kier alpha value is -1.55. The van der Waals surface area contributed by atoms with Crippen molar-refractivity contribution in [2.45, 2.75) is 6.54 Å². The molecule has 0 radical (unpaired) electrons. The lowest BCUT2D eigenvalue weighted by Gasteiger charge is -2.15. The van der Waals surface area contributed by atoms with E-state index in [1.165, 1.54) is 0 Å². The zero-order valence-electron chi connectivity index (χ0n) is 8.90. The van der Waals surface area contributed by atoms with Gasteiger partial charge < -0.3 is 9.88 Å². The molecule has 0 fully saturated rings. The highest BCUT2D eigenvalue weighted by atomic mass is 35.5. The van der Waals surface area contributed by atoms with Crippen LogP contribution >= 0.6 is 11.6 Å². The van der Waals surface area contributed by atoms with Crippen LogP contribution in [-0.4, -0.2) is 33.7 Å². The number of H-pyrrole nitrogens is 1. The number of carbonyl (C=O) groups excluding carboxylic acids is 1. The number of hydrogen-bond acceptors (Lipinski definition) is 2. The minimum atomic E-state index is -0.0774. The SMILES string of the molecule is CN(Cc1ccc2nc[nH]c2c1)C(=O)CCl. The van der Waals surface area contributed by atoms with Gasteiger partial charge in [0.2, 0.25) is 5.91 Å².